The van der Waals surface area contributed by atoms with Gasteiger partial charge in [0.25, 0.3) is 0 Å². The Labute approximate surface area is 127 Å². The average Bonchev–Trinajstić information content (AvgIpc) is 2.54. The van der Waals surface area contributed by atoms with Crippen LogP contribution >= 0.6 is 0 Å². The minimum Gasteiger partial charge on any atom is -0.328 e. The molecule has 0 bridgehead atoms. The summed E-state index contributed by atoms with van der Waals surface area (Å²) in [6.45, 7) is 1.28. The van der Waals surface area contributed by atoms with Gasteiger partial charge >= 0.3 is 11.8 Å². The van der Waals surface area contributed by atoms with Crippen molar-refractivity contribution in [1.29, 1.82) is 0 Å². The van der Waals surface area contributed by atoms with E-state index in [1.165, 1.54) is 34.1 Å². The number of piperazine rings is 1. The summed E-state index contributed by atoms with van der Waals surface area (Å²) >= 11 is 0. The lowest BCUT2D eigenvalue weighted by Gasteiger charge is -2.33. The van der Waals surface area contributed by atoms with Gasteiger partial charge in [0.05, 0.1) is 0 Å². The maximum Gasteiger partial charge on any atom is 0.316 e. The van der Waals surface area contributed by atoms with Gasteiger partial charge in [-0.1, -0.05) is 30.3 Å². The molecule has 2 amide bonds. The molecule has 1 fully saturated rings. The van der Waals surface area contributed by atoms with Gasteiger partial charge in [-0.3, -0.25) is 9.59 Å². The summed E-state index contributed by atoms with van der Waals surface area (Å²) in [5.41, 5.74) is 1.53. The fourth-order valence-electron chi connectivity index (χ4n) is 2.50. The van der Waals surface area contributed by atoms with Crippen LogP contribution in [0.4, 0.5) is 10.1 Å². The Hall–Kier alpha value is -2.69. The van der Waals surface area contributed by atoms with Crippen LogP contribution in [-0.2, 0) is 16.1 Å². The smallest absolute Gasteiger partial charge is 0.316 e. The van der Waals surface area contributed by atoms with Crippen molar-refractivity contribution in [3.63, 3.8) is 0 Å². The van der Waals surface area contributed by atoms with Crippen molar-refractivity contribution in [2.45, 2.75) is 6.54 Å². The highest BCUT2D eigenvalue weighted by Crippen LogP contribution is 2.19. The lowest BCUT2D eigenvalue weighted by atomic mass is 10.1. The van der Waals surface area contributed by atoms with Crippen LogP contribution in [0.15, 0.2) is 54.6 Å². The molecule has 0 saturated carbocycles. The fraction of sp³-hybridized carbons (Fsp3) is 0.176. The Bertz CT molecular complexity index is 686. The van der Waals surface area contributed by atoms with Gasteiger partial charge < -0.3 is 9.80 Å². The van der Waals surface area contributed by atoms with Crippen molar-refractivity contribution in [2.24, 2.45) is 0 Å². The number of halogens is 1. The molecule has 2 aromatic rings. The molecular formula is C17H15FN2O2. The third-order valence-corrected chi connectivity index (χ3v) is 3.66. The number of hydrogen-bond acceptors (Lipinski definition) is 2. The number of hydrogen-bond donors (Lipinski definition) is 0. The van der Waals surface area contributed by atoms with E-state index in [-0.39, 0.29) is 5.82 Å². The Balaban J connectivity index is 1.73. The van der Waals surface area contributed by atoms with Gasteiger partial charge in [-0.05, 0) is 29.8 Å². The highest BCUT2D eigenvalue weighted by molar-refractivity contribution is 6.40. The summed E-state index contributed by atoms with van der Waals surface area (Å²) in [6.07, 6.45) is 0. The first-order valence-corrected chi connectivity index (χ1v) is 7.05. The number of amides is 2. The fourth-order valence-corrected chi connectivity index (χ4v) is 2.50. The second-order valence-corrected chi connectivity index (χ2v) is 5.15. The topological polar surface area (TPSA) is 40.6 Å². The number of carbonyl (C=O) groups excluding carboxylic acids is 2. The highest BCUT2D eigenvalue weighted by atomic mass is 19.1. The molecule has 112 valence electrons. The van der Waals surface area contributed by atoms with E-state index in [2.05, 4.69) is 0 Å². The lowest BCUT2D eigenvalue weighted by Crippen LogP contribution is -2.54. The van der Waals surface area contributed by atoms with Crippen LogP contribution in [0.3, 0.4) is 0 Å². The summed E-state index contributed by atoms with van der Waals surface area (Å²) in [5, 5.41) is 0. The largest absolute Gasteiger partial charge is 0.328 e. The summed E-state index contributed by atoms with van der Waals surface area (Å²) in [5.74, 6) is -1.47. The number of carbonyl (C=O) groups is 2. The predicted molar refractivity (Wildman–Crippen MR) is 80.6 cm³/mol. The molecule has 2 aromatic carbocycles. The molecule has 1 aliphatic heterocycles. The van der Waals surface area contributed by atoms with Gasteiger partial charge in [0, 0.05) is 25.3 Å². The van der Waals surface area contributed by atoms with Crippen molar-refractivity contribution in [3.05, 3.63) is 66.0 Å². The first-order valence-electron chi connectivity index (χ1n) is 7.05. The van der Waals surface area contributed by atoms with E-state index in [0.717, 1.165) is 5.56 Å². The van der Waals surface area contributed by atoms with Crippen LogP contribution in [-0.4, -0.2) is 29.8 Å². The number of anilines is 1. The first-order chi connectivity index (χ1) is 10.6. The minimum absolute atomic E-state index is 0.370. The van der Waals surface area contributed by atoms with Gasteiger partial charge in [-0.15, -0.1) is 0 Å². The standard InChI is InChI=1S/C17H15FN2O2/c18-14-6-8-15(9-7-14)20-11-10-19(16(21)17(20)22)12-13-4-2-1-3-5-13/h1-9H,10-12H2. The van der Waals surface area contributed by atoms with Crippen LogP contribution in [0.25, 0.3) is 0 Å². The Morgan fingerprint density at radius 2 is 1.55 bits per heavy atom. The lowest BCUT2D eigenvalue weighted by molar-refractivity contribution is -0.146. The molecule has 0 unspecified atom stereocenters. The number of benzene rings is 2. The molecule has 0 radical (unpaired) electrons. The maximum absolute atomic E-state index is 13.0. The van der Waals surface area contributed by atoms with Crippen LogP contribution < -0.4 is 4.90 Å². The Morgan fingerprint density at radius 3 is 2.23 bits per heavy atom. The molecule has 22 heavy (non-hydrogen) atoms. The van der Waals surface area contributed by atoms with Gasteiger partial charge in [-0.2, -0.15) is 0 Å². The van der Waals surface area contributed by atoms with Crippen LogP contribution in [0.5, 0.6) is 0 Å². The molecule has 0 N–H and O–H groups in total. The average molecular weight is 298 g/mol. The highest BCUT2D eigenvalue weighted by Gasteiger charge is 2.33. The molecule has 4 nitrogen and oxygen atoms in total. The molecule has 3 rings (SSSR count). The van der Waals surface area contributed by atoms with Crippen molar-refractivity contribution < 1.29 is 14.0 Å². The van der Waals surface area contributed by atoms with Gasteiger partial charge in [-0.25, -0.2) is 4.39 Å². The third kappa shape index (κ3) is 2.83. The molecule has 0 spiro atoms. The molecule has 1 aliphatic rings. The third-order valence-electron chi connectivity index (χ3n) is 3.66. The zero-order valence-electron chi connectivity index (χ0n) is 11.9. The van der Waals surface area contributed by atoms with Gasteiger partial charge in [0.15, 0.2) is 0 Å². The molecule has 5 heteroatoms. The van der Waals surface area contributed by atoms with Crippen molar-refractivity contribution in [2.75, 3.05) is 18.0 Å². The molecule has 1 saturated heterocycles. The second-order valence-electron chi connectivity index (χ2n) is 5.15. The zero-order chi connectivity index (χ0) is 15.5. The monoisotopic (exact) mass is 298 g/mol. The molecule has 0 aliphatic carbocycles. The van der Waals surface area contributed by atoms with E-state index >= 15 is 0 Å². The van der Waals surface area contributed by atoms with Crippen molar-refractivity contribution in [1.82, 2.24) is 4.90 Å². The Kier molecular flexibility index (Phi) is 3.87. The van der Waals surface area contributed by atoms with E-state index in [1.54, 1.807) is 0 Å². The molecule has 0 atom stereocenters. The summed E-state index contributed by atoms with van der Waals surface area (Å²) in [4.78, 5) is 27.4. The van der Waals surface area contributed by atoms with E-state index in [4.69, 9.17) is 0 Å². The predicted octanol–water partition coefficient (Wildman–Crippen LogP) is 2.20. The number of nitrogens with zero attached hydrogens (tertiary/aromatic N) is 2. The summed E-state index contributed by atoms with van der Waals surface area (Å²) in [7, 11) is 0. The van der Waals surface area contributed by atoms with E-state index in [9.17, 15) is 14.0 Å². The normalized spacial score (nSPS) is 15.3. The molecule has 0 aromatic heterocycles. The van der Waals surface area contributed by atoms with Gasteiger partial charge in [0.1, 0.15) is 5.82 Å². The van der Waals surface area contributed by atoms with Gasteiger partial charge in [0.2, 0.25) is 0 Å². The van der Waals surface area contributed by atoms with E-state index in [0.29, 0.717) is 25.3 Å². The zero-order valence-corrected chi connectivity index (χ0v) is 11.9. The van der Waals surface area contributed by atoms with Crippen molar-refractivity contribution in [3.8, 4) is 0 Å². The Morgan fingerprint density at radius 1 is 0.864 bits per heavy atom. The number of rotatable bonds is 3. The quantitative estimate of drug-likeness (QED) is 0.815. The summed E-state index contributed by atoms with van der Waals surface area (Å²) in [6, 6.07) is 15.1. The van der Waals surface area contributed by atoms with E-state index < -0.39 is 11.8 Å². The van der Waals surface area contributed by atoms with E-state index in [1.807, 2.05) is 30.3 Å². The van der Waals surface area contributed by atoms with Crippen LogP contribution in [0, 0.1) is 5.82 Å². The second kappa shape index (κ2) is 5.97. The van der Waals surface area contributed by atoms with Crippen LogP contribution in [0.2, 0.25) is 0 Å². The maximum atomic E-state index is 13.0. The SMILES string of the molecule is O=C1C(=O)N(c2ccc(F)cc2)CCN1Cc1ccccc1. The molecular weight excluding hydrogens is 283 g/mol. The minimum atomic E-state index is -0.575. The molecule has 1 heterocycles. The first kappa shape index (κ1) is 14.3. The van der Waals surface area contributed by atoms with Crippen molar-refractivity contribution >= 4 is 17.5 Å². The summed E-state index contributed by atoms with van der Waals surface area (Å²) < 4.78 is 13.0. The van der Waals surface area contributed by atoms with Crippen LogP contribution in [0.1, 0.15) is 5.56 Å².